The van der Waals surface area contributed by atoms with Gasteiger partial charge in [0.25, 0.3) is 0 Å². The second kappa shape index (κ2) is 6.45. The molecule has 22 heavy (non-hydrogen) atoms. The van der Waals surface area contributed by atoms with E-state index >= 15 is 0 Å². The molecular formula is C18H19N3O. The zero-order valence-corrected chi connectivity index (χ0v) is 12.5. The lowest BCUT2D eigenvalue weighted by molar-refractivity contribution is 0.473. The lowest BCUT2D eigenvalue weighted by Gasteiger charge is -2.15. The van der Waals surface area contributed by atoms with Gasteiger partial charge in [0.15, 0.2) is 0 Å². The van der Waals surface area contributed by atoms with Crippen LogP contribution < -0.4 is 5.32 Å². The molecule has 0 amide bonds. The van der Waals surface area contributed by atoms with Crippen LogP contribution in [0.1, 0.15) is 24.1 Å². The highest BCUT2D eigenvalue weighted by Crippen LogP contribution is 2.17. The van der Waals surface area contributed by atoms with Gasteiger partial charge in [-0.05, 0) is 42.3 Å². The molecule has 4 nitrogen and oxygen atoms in total. The van der Waals surface area contributed by atoms with Gasteiger partial charge in [0.1, 0.15) is 5.75 Å². The Labute approximate surface area is 130 Å². The van der Waals surface area contributed by atoms with Crippen LogP contribution in [0.2, 0.25) is 0 Å². The third-order valence-corrected chi connectivity index (χ3v) is 3.72. The molecule has 0 aliphatic heterocycles. The van der Waals surface area contributed by atoms with Crippen LogP contribution in [-0.4, -0.2) is 14.7 Å². The van der Waals surface area contributed by atoms with E-state index in [1.54, 1.807) is 24.7 Å². The maximum Gasteiger partial charge on any atom is 0.115 e. The largest absolute Gasteiger partial charge is 0.508 e. The molecule has 0 bridgehead atoms. The zero-order chi connectivity index (χ0) is 15.4. The van der Waals surface area contributed by atoms with Crippen LogP contribution in [0.3, 0.4) is 0 Å². The topological polar surface area (TPSA) is 50.1 Å². The molecule has 112 valence electrons. The van der Waals surface area contributed by atoms with Crippen molar-refractivity contribution in [2.24, 2.45) is 0 Å². The first-order chi connectivity index (χ1) is 10.7. The summed E-state index contributed by atoms with van der Waals surface area (Å²) < 4.78 is 1.98. The number of aromatic hydroxyl groups is 1. The van der Waals surface area contributed by atoms with E-state index in [0.29, 0.717) is 5.75 Å². The van der Waals surface area contributed by atoms with Crippen molar-refractivity contribution in [2.75, 3.05) is 0 Å². The quantitative estimate of drug-likeness (QED) is 0.757. The van der Waals surface area contributed by atoms with Gasteiger partial charge in [-0.15, -0.1) is 0 Å². The highest BCUT2D eigenvalue weighted by Gasteiger charge is 2.05. The third-order valence-electron chi connectivity index (χ3n) is 3.72. The number of benzene rings is 2. The van der Waals surface area contributed by atoms with Gasteiger partial charge in [0, 0.05) is 30.7 Å². The van der Waals surface area contributed by atoms with E-state index in [1.165, 1.54) is 5.56 Å². The normalized spacial score (nSPS) is 12.2. The Morgan fingerprint density at radius 1 is 1.18 bits per heavy atom. The molecule has 3 rings (SSSR count). The number of phenols is 1. The summed E-state index contributed by atoms with van der Waals surface area (Å²) in [6.07, 6.45) is 5.49. The Kier molecular flexibility index (Phi) is 4.21. The predicted octanol–water partition coefficient (Wildman–Crippen LogP) is 3.43. The Morgan fingerprint density at radius 3 is 2.68 bits per heavy atom. The van der Waals surface area contributed by atoms with Crippen molar-refractivity contribution < 1.29 is 5.11 Å². The summed E-state index contributed by atoms with van der Waals surface area (Å²) in [5, 5.41) is 12.9. The monoisotopic (exact) mass is 293 g/mol. The number of nitrogens with one attached hydrogen (secondary N) is 1. The molecule has 0 fully saturated rings. The number of rotatable bonds is 5. The van der Waals surface area contributed by atoms with E-state index < -0.39 is 0 Å². The molecule has 1 aromatic heterocycles. The standard InChI is InChI=1S/C18H19N3O/c1-14(20-12-15-3-2-4-18(22)11-15)16-5-7-17(8-6-16)21-10-9-19-13-21/h2-11,13-14,20,22H,12H2,1H3/t14-/m1/s1. The zero-order valence-electron chi connectivity index (χ0n) is 12.5. The highest BCUT2D eigenvalue weighted by molar-refractivity contribution is 5.35. The van der Waals surface area contributed by atoms with Gasteiger partial charge in [0.05, 0.1) is 6.33 Å². The summed E-state index contributed by atoms with van der Waals surface area (Å²) in [6, 6.07) is 16.0. The first-order valence-electron chi connectivity index (χ1n) is 7.32. The van der Waals surface area contributed by atoms with Crippen molar-refractivity contribution in [3.05, 3.63) is 78.4 Å². The minimum absolute atomic E-state index is 0.235. The maximum atomic E-state index is 9.48. The van der Waals surface area contributed by atoms with E-state index in [0.717, 1.165) is 17.8 Å². The fourth-order valence-electron chi connectivity index (χ4n) is 2.40. The van der Waals surface area contributed by atoms with E-state index in [1.807, 2.05) is 22.9 Å². The molecule has 0 unspecified atom stereocenters. The predicted molar refractivity (Wildman–Crippen MR) is 86.9 cm³/mol. The molecule has 0 aliphatic carbocycles. The summed E-state index contributed by atoms with van der Waals surface area (Å²) in [5.74, 6) is 0.302. The van der Waals surface area contributed by atoms with Crippen molar-refractivity contribution in [3.8, 4) is 11.4 Å². The first-order valence-corrected chi connectivity index (χ1v) is 7.32. The van der Waals surface area contributed by atoms with Crippen LogP contribution in [0.4, 0.5) is 0 Å². The maximum absolute atomic E-state index is 9.48. The van der Waals surface area contributed by atoms with Crippen LogP contribution in [0.25, 0.3) is 5.69 Å². The molecule has 1 atom stereocenters. The molecular weight excluding hydrogens is 274 g/mol. The van der Waals surface area contributed by atoms with Crippen molar-refractivity contribution in [3.63, 3.8) is 0 Å². The van der Waals surface area contributed by atoms with E-state index in [4.69, 9.17) is 0 Å². The average molecular weight is 293 g/mol. The molecule has 0 aliphatic rings. The minimum atomic E-state index is 0.235. The van der Waals surface area contributed by atoms with Crippen molar-refractivity contribution >= 4 is 0 Å². The van der Waals surface area contributed by atoms with E-state index in [-0.39, 0.29) is 6.04 Å². The molecule has 3 aromatic rings. The molecule has 2 N–H and O–H groups in total. The number of nitrogens with zero attached hydrogens (tertiary/aromatic N) is 2. The smallest absolute Gasteiger partial charge is 0.115 e. The molecule has 0 saturated heterocycles. The van der Waals surface area contributed by atoms with Gasteiger partial charge in [-0.1, -0.05) is 24.3 Å². The van der Waals surface area contributed by atoms with Gasteiger partial charge < -0.3 is 15.0 Å². The summed E-state index contributed by atoms with van der Waals surface area (Å²) in [5.41, 5.74) is 3.40. The van der Waals surface area contributed by atoms with E-state index in [9.17, 15) is 5.11 Å². The fourth-order valence-corrected chi connectivity index (χ4v) is 2.40. The van der Waals surface area contributed by atoms with E-state index in [2.05, 4.69) is 41.5 Å². The second-order valence-corrected chi connectivity index (χ2v) is 5.33. The number of aromatic nitrogens is 2. The van der Waals surface area contributed by atoms with Crippen LogP contribution in [0, 0.1) is 0 Å². The first kappa shape index (κ1) is 14.4. The third kappa shape index (κ3) is 3.35. The summed E-state index contributed by atoms with van der Waals surface area (Å²) in [4.78, 5) is 4.06. The molecule has 0 spiro atoms. The average Bonchev–Trinajstić information content (AvgIpc) is 3.07. The van der Waals surface area contributed by atoms with Gasteiger partial charge in [-0.2, -0.15) is 0 Å². The Hall–Kier alpha value is -2.59. The lowest BCUT2D eigenvalue weighted by Crippen LogP contribution is -2.18. The van der Waals surface area contributed by atoms with Crippen LogP contribution in [0.5, 0.6) is 5.75 Å². The number of phenolic OH excluding ortho intramolecular Hbond substituents is 1. The number of imidazole rings is 1. The summed E-state index contributed by atoms with van der Waals surface area (Å²) in [6.45, 7) is 2.86. The van der Waals surface area contributed by atoms with Crippen LogP contribution in [-0.2, 0) is 6.54 Å². The van der Waals surface area contributed by atoms with Gasteiger partial charge in [0.2, 0.25) is 0 Å². The van der Waals surface area contributed by atoms with Crippen molar-refractivity contribution in [1.82, 2.24) is 14.9 Å². The second-order valence-electron chi connectivity index (χ2n) is 5.33. The van der Waals surface area contributed by atoms with Crippen LogP contribution >= 0.6 is 0 Å². The molecule has 1 heterocycles. The summed E-state index contributed by atoms with van der Waals surface area (Å²) >= 11 is 0. The fraction of sp³-hybridized carbons (Fsp3) is 0.167. The highest BCUT2D eigenvalue weighted by atomic mass is 16.3. The number of hydrogen-bond donors (Lipinski definition) is 2. The van der Waals surface area contributed by atoms with Gasteiger partial charge in [-0.25, -0.2) is 4.98 Å². The van der Waals surface area contributed by atoms with Gasteiger partial charge >= 0.3 is 0 Å². The Balaban J connectivity index is 1.63. The van der Waals surface area contributed by atoms with Crippen LogP contribution in [0.15, 0.2) is 67.3 Å². The summed E-state index contributed by atoms with van der Waals surface area (Å²) in [7, 11) is 0. The molecule has 4 heteroatoms. The Morgan fingerprint density at radius 2 is 2.00 bits per heavy atom. The SMILES string of the molecule is C[C@@H](NCc1cccc(O)c1)c1ccc(-n2ccnc2)cc1. The molecule has 0 radical (unpaired) electrons. The lowest BCUT2D eigenvalue weighted by atomic mass is 10.1. The van der Waals surface area contributed by atoms with Crippen molar-refractivity contribution in [2.45, 2.75) is 19.5 Å². The minimum Gasteiger partial charge on any atom is -0.508 e. The number of hydrogen-bond acceptors (Lipinski definition) is 3. The van der Waals surface area contributed by atoms with Gasteiger partial charge in [-0.3, -0.25) is 0 Å². The Bertz CT molecular complexity index is 720. The van der Waals surface area contributed by atoms with Crippen molar-refractivity contribution in [1.29, 1.82) is 0 Å². The molecule has 0 saturated carbocycles. The molecule has 2 aromatic carbocycles.